The number of hydrogen-bond donors (Lipinski definition) is 1. The van der Waals surface area contributed by atoms with Crippen molar-refractivity contribution in [3.05, 3.63) is 54.1 Å². The summed E-state index contributed by atoms with van der Waals surface area (Å²) in [4.78, 5) is 12.4. The summed E-state index contributed by atoms with van der Waals surface area (Å²) in [5.74, 6) is 0.590. The van der Waals surface area contributed by atoms with Crippen molar-refractivity contribution in [3.8, 4) is 5.75 Å². The van der Waals surface area contributed by atoms with E-state index in [1.807, 2.05) is 30.3 Å². The molecule has 2 aliphatic rings. The maximum Gasteiger partial charge on any atom is 0.161 e. The van der Waals surface area contributed by atoms with Gasteiger partial charge in [-0.1, -0.05) is 50.1 Å². The van der Waals surface area contributed by atoms with Gasteiger partial charge >= 0.3 is 0 Å². The maximum absolute atomic E-state index is 12.4. The number of hydrogen-bond acceptors (Lipinski definition) is 5. The highest BCUT2D eigenvalue weighted by molar-refractivity contribution is 5.95. The molecule has 0 spiro atoms. The van der Waals surface area contributed by atoms with Crippen LogP contribution in [0.2, 0.25) is 0 Å². The number of aliphatic hydroxyl groups excluding tert-OH is 1. The summed E-state index contributed by atoms with van der Waals surface area (Å²) in [5, 5.41) is 10.8. The summed E-state index contributed by atoms with van der Waals surface area (Å²) in [6.07, 6.45) is 15.5. The molecule has 0 aromatic heterocycles. The Kier molecular flexibility index (Phi) is 10.6. The molecular formula is C28H40O5. The van der Waals surface area contributed by atoms with Gasteiger partial charge in [-0.05, 0) is 68.2 Å². The Balaban J connectivity index is 1.29. The highest BCUT2D eigenvalue weighted by Gasteiger charge is 2.50. The van der Waals surface area contributed by atoms with Crippen LogP contribution in [-0.4, -0.2) is 42.9 Å². The highest BCUT2D eigenvalue weighted by atomic mass is 16.6. The zero-order valence-corrected chi connectivity index (χ0v) is 20.2. The molecule has 0 saturated carbocycles. The van der Waals surface area contributed by atoms with E-state index in [1.54, 1.807) is 13.2 Å². The summed E-state index contributed by atoms with van der Waals surface area (Å²) in [5.41, 5.74) is 1.13. The number of carbonyl (C=O) groups is 1. The molecule has 3 rings (SSSR count). The standard InChI is InChI=1S/C28H40O5/c1-3-4-5-6-7-8-11-22-15-18-24(29)26(22)27(30)28-25(33-28)12-9-10-19-32-20-21-13-16-23(31-2)17-14-21/h7-8,13-18,22,25-28,30H,3-6,9-12,19-20H2,1-2H3/b8-7-/t22-,25+,26?,27+,28-/m0/s1. The van der Waals surface area contributed by atoms with Crippen LogP contribution in [0.25, 0.3) is 0 Å². The monoisotopic (exact) mass is 456 g/mol. The van der Waals surface area contributed by atoms with Crippen LogP contribution < -0.4 is 4.74 Å². The maximum atomic E-state index is 12.4. The van der Waals surface area contributed by atoms with Crippen LogP contribution >= 0.6 is 0 Å². The molecule has 1 aliphatic carbocycles. The molecule has 1 N–H and O–H groups in total. The third-order valence-corrected chi connectivity index (χ3v) is 6.63. The first-order chi connectivity index (χ1) is 16.1. The quantitative estimate of drug-likeness (QED) is 0.205. The number of allylic oxidation sites excluding steroid dienone is 4. The molecule has 182 valence electrons. The molecule has 0 amide bonds. The Morgan fingerprint density at radius 2 is 1.94 bits per heavy atom. The van der Waals surface area contributed by atoms with Crippen molar-refractivity contribution >= 4 is 5.78 Å². The molecule has 5 nitrogen and oxygen atoms in total. The number of ether oxygens (including phenoxy) is 3. The molecule has 1 aromatic rings. The van der Waals surface area contributed by atoms with Crippen molar-refractivity contribution < 1.29 is 24.1 Å². The molecule has 1 fully saturated rings. The Bertz CT molecular complexity index is 769. The minimum absolute atomic E-state index is 0.0352. The molecule has 0 bridgehead atoms. The van der Waals surface area contributed by atoms with Crippen LogP contribution in [0.3, 0.4) is 0 Å². The van der Waals surface area contributed by atoms with Gasteiger partial charge in [0.05, 0.1) is 31.8 Å². The first-order valence-electron chi connectivity index (χ1n) is 12.5. The van der Waals surface area contributed by atoms with E-state index in [1.165, 1.54) is 19.3 Å². The van der Waals surface area contributed by atoms with Gasteiger partial charge in [0.15, 0.2) is 5.78 Å². The van der Waals surface area contributed by atoms with E-state index in [0.29, 0.717) is 13.2 Å². The van der Waals surface area contributed by atoms with E-state index >= 15 is 0 Å². The summed E-state index contributed by atoms with van der Waals surface area (Å²) in [6, 6.07) is 7.90. The average molecular weight is 457 g/mol. The van der Waals surface area contributed by atoms with Gasteiger partial charge in [-0.2, -0.15) is 0 Å². The SMILES string of the molecule is CCCCC/C=C\C[C@H]1C=CC(=O)C1[C@@H](O)[C@H]1O[C@@H]1CCCCOCc1ccc(OC)cc1. The number of aliphatic hydroxyl groups is 1. The number of methoxy groups -OCH3 is 1. The second-order valence-electron chi connectivity index (χ2n) is 9.18. The zero-order chi connectivity index (χ0) is 23.5. The van der Waals surface area contributed by atoms with Crippen molar-refractivity contribution in [2.24, 2.45) is 11.8 Å². The van der Waals surface area contributed by atoms with Gasteiger partial charge in [0, 0.05) is 6.61 Å². The molecule has 5 atom stereocenters. The molecule has 1 saturated heterocycles. The van der Waals surface area contributed by atoms with Gasteiger partial charge in [0.2, 0.25) is 0 Å². The molecule has 5 heteroatoms. The second-order valence-corrected chi connectivity index (χ2v) is 9.18. The van der Waals surface area contributed by atoms with Crippen molar-refractivity contribution in [1.29, 1.82) is 0 Å². The minimum atomic E-state index is -0.720. The van der Waals surface area contributed by atoms with Gasteiger partial charge in [0.1, 0.15) is 11.9 Å². The van der Waals surface area contributed by atoms with Crippen LogP contribution in [0.4, 0.5) is 0 Å². The van der Waals surface area contributed by atoms with Gasteiger partial charge in [-0.15, -0.1) is 0 Å². The second kappa shape index (κ2) is 13.7. The van der Waals surface area contributed by atoms with Crippen molar-refractivity contribution in [3.63, 3.8) is 0 Å². The third kappa shape index (κ3) is 8.09. The smallest absolute Gasteiger partial charge is 0.161 e. The Labute approximate surface area is 198 Å². The highest BCUT2D eigenvalue weighted by Crippen LogP contribution is 2.38. The van der Waals surface area contributed by atoms with E-state index in [4.69, 9.17) is 14.2 Å². The van der Waals surface area contributed by atoms with Gasteiger partial charge in [-0.3, -0.25) is 4.79 Å². The Morgan fingerprint density at radius 3 is 2.70 bits per heavy atom. The fraction of sp³-hybridized carbons (Fsp3) is 0.607. The molecule has 1 aliphatic heterocycles. The minimum Gasteiger partial charge on any atom is -0.497 e. The molecular weight excluding hydrogens is 416 g/mol. The van der Waals surface area contributed by atoms with E-state index < -0.39 is 6.10 Å². The topological polar surface area (TPSA) is 68.3 Å². The average Bonchev–Trinajstić information content (AvgIpc) is 3.52. The summed E-state index contributed by atoms with van der Waals surface area (Å²) in [7, 11) is 1.66. The summed E-state index contributed by atoms with van der Waals surface area (Å²) in [6.45, 7) is 3.50. The molecule has 1 heterocycles. The summed E-state index contributed by atoms with van der Waals surface area (Å²) < 4.78 is 16.7. The van der Waals surface area contributed by atoms with Crippen LogP contribution in [0.15, 0.2) is 48.6 Å². The number of ketones is 1. The molecule has 1 unspecified atom stereocenters. The lowest BCUT2D eigenvalue weighted by molar-refractivity contribution is -0.122. The summed E-state index contributed by atoms with van der Waals surface area (Å²) >= 11 is 0. The lowest BCUT2D eigenvalue weighted by Crippen LogP contribution is -2.34. The van der Waals surface area contributed by atoms with Gasteiger partial charge in [0.25, 0.3) is 0 Å². The van der Waals surface area contributed by atoms with Crippen molar-refractivity contribution in [2.75, 3.05) is 13.7 Å². The molecule has 0 radical (unpaired) electrons. The lowest BCUT2D eigenvalue weighted by Gasteiger charge is -2.21. The Hall–Kier alpha value is -1.95. The van der Waals surface area contributed by atoms with Crippen LogP contribution in [-0.2, 0) is 20.9 Å². The lowest BCUT2D eigenvalue weighted by atomic mass is 9.84. The number of carbonyl (C=O) groups excluding carboxylic acids is 1. The van der Waals surface area contributed by atoms with Crippen LogP contribution in [0, 0.1) is 11.8 Å². The number of benzene rings is 1. The third-order valence-electron chi connectivity index (χ3n) is 6.63. The Morgan fingerprint density at radius 1 is 1.12 bits per heavy atom. The van der Waals surface area contributed by atoms with Crippen LogP contribution in [0.1, 0.15) is 63.9 Å². The zero-order valence-electron chi connectivity index (χ0n) is 20.2. The predicted octanol–water partition coefficient (Wildman–Crippen LogP) is 5.41. The van der Waals surface area contributed by atoms with E-state index in [2.05, 4.69) is 19.1 Å². The van der Waals surface area contributed by atoms with Crippen molar-refractivity contribution in [2.45, 2.75) is 83.2 Å². The van der Waals surface area contributed by atoms with E-state index in [0.717, 1.165) is 43.4 Å². The number of rotatable bonds is 16. The first-order valence-corrected chi connectivity index (χ1v) is 12.5. The fourth-order valence-electron chi connectivity index (χ4n) is 4.55. The number of epoxide rings is 1. The van der Waals surface area contributed by atoms with E-state index in [-0.39, 0.29) is 29.8 Å². The predicted molar refractivity (Wildman–Crippen MR) is 130 cm³/mol. The van der Waals surface area contributed by atoms with Crippen molar-refractivity contribution in [1.82, 2.24) is 0 Å². The number of unbranched alkanes of at least 4 members (excludes halogenated alkanes) is 4. The first kappa shape index (κ1) is 25.7. The normalized spacial score (nSPS) is 25.1. The van der Waals surface area contributed by atoms with E-state index in [9.17, 15) is 9.90 Å². The molecule has 1 aromatic carbocycles. The fourth-order valence-corrected chi connectivity index (χ4v) is 4.55. The van der Waals surface area contributed by atoms with Crippen LogP contribution in [0.5, 0.6) is 5.75 Å². The van der Waals surface area contributed by atoms with Gasteiger partial charge < -0.3 is 19.3 Å². The van der Waals surface area contributed by atoms with Gasteiger partial charge in [-0.25, -0.2) is 0 Å². The molecule has 33 heavy (non-hydrogen) atoms. The largest absolute Gasteiger partial charge is 0.497 e.